The van der Waals surface area contributed by atoms with E-state index in [1.807, 2.05) is 32.0 Å². The van der Waals surface area contributed by atoms with E-state index in [1.165, 1.54) is 17.3 Å². The summed E-state index contributed by atoms with van der Waals surface area (Å²) in [4.78, 5) is 13.3. The maximum Gasteiger partial charge on any atom is 0.237 e. The second-order valence-electron chi connectivity index (χ2n) is 4.81. The quantitative estimate of drug-likeness (QED) is 0.650. The van der Waals surface area contributed by atoms with Gasteiger partial charge in [-0.05, 0) is 44.2 Å². The number of nitrogens with two attached hydrogens (primary N) is 1. The number of amides is 1. The summed E-state index contributed by atoms with van der Waals surface area (Å²) in [6, 6.07) is 13.1. The number of rotatable bonds is 4. The number of thioether (sulfide) groups is 1. The van der Waals surface area contributed by atoms with Gasteiger partial charge in [-0.1, -0.05) is 29.3 Å². The number of aryl methyl sites for hydroxylation is 1. The molecule has 0 fully saturated rings. The highest BCUT2D eigenvalue weighted by atomic mass is 35.5. The molecule has 2 aromatic rings. The Kier molecular flexibility index (Phi) is 5.15. The fourth-order valence-corrected chi connectivity index (χ4v) is 3.03. The third-order valence-corrected chi connectivity index (χ3v) is 4.33. The van der Waals surface area contributed by atoms with Crippen LogP contribution in [0.4, 0.5) is 11.4 Å². The van der Waals surface area contributed by atoms with Gasteiger partial charge in [0.2, 0.25) is 5.91 Å². The predicted molar refractivity (Wildman–Crippen MR) is 91.0 cm³/mol. The number of hydrogen-bond acceptors (Lipinski definition) is 3. The first-order valence-corrected chi connectivity index (χ1v) is 7.80. The number of halogens is 1. The summed E-state index contributed by atoms with van der Waals surface area (Å²) >= 11 is 7.57. The van der Waals surface area contributed by atoms with E-state index in [1.54, 1.807) is 18.2 Å². The molecule has 0 radical (unpaired) electrons. The monoisotopic (exact) mass is 320 g/mol. The molecule has 0 aromatic heterocycles. The predicted octanol–water partition coefficient (Wildman–Crippen LogP) is 4.35. The number of hydrogen-bond donors (Lipinski definition) is 2. The van der Waals surface area contributed by atoms with Gasteiger partial charge >= 0.3 is 0 Å². The summed E-state index contributed by atoms with van der Waals surface area (Å²) in [6.07, 6.45) is 0. The molecule has 21 heavy (non-hydrogen) atoms. The van der Waals surface area contributed by atoms with Crippen LogP contribution in [0.3, 0.4) is 0 Å². The van der Waals surface area contributed by atoms with Crippen molar-refractivity contribution in [1.82, 2.24) is 0 Å². The zero-order chi connectivity index (χ0) is 15.4. The SMILES string of the molecule is Cc1cccc(SC(C)C(=O)Nc2ccc(N)cc2Cl)c1. The van der Waals surface area contributed by atoms with Crippen LogP contribution in [-0.4, -0.2) is 11.2 Å². The molecule has 2 rings (SSSR count). The highest BCUT2D eigenvalue weighted by Crippen LogP contribution is 2.27. The van der Waals surface area contributed by atoms with Crippen molar-refractivity contribution in [2.75, 3.05) is 11.1 Å². The molecule has 0 heterocycles. The van der Waals surface area contributed by atoms with E-state index in [-0.39, 0.29) is 11.2 Å². The van der Waals surface area contributed by atoms with E-state index in [2.05, 4.69) is 11.4 Å². The Morgan fingerprint density at radius 1 is 1.29 bits per heavy atom. The number of carbonyl (C=O) groups excluding carboxylic acids is 1. The topological polar surface area (TPSA) is 55.1 Å². The lowest BCUT2D eigenvalue weighted by atomic mass is 10.2. The largest absolute Gasteiger partial charge is 0.399 e. The third-order valence-electron chi connectivity index (χ3n) is 2.92. The summed E-state index contributed by atoms with van der Waals surface area (Å²) in [5, 5.41) is 3.04. The van der Waals surface area contributed by atoms with Crippen molar-refractivity contribution in [3.63, 3.8) is 0 Å². The Labute approximate surface area is 133 Å². The smallest absolute Gasteiger partial charge is 0.237 e. The second-order valence-corrected chi connectivity index (χ2v) is 6.63. The molecule has 0 bridgehead atoms. The van der Waals surface area contributed by atoms with Crippen LogP contribution in [-0.2, 0) is 4.79 Å². The number of nitrogen functional groups attached to an aromatic ring is 1. The minimum atomic E-state index is -0.222. The summed E-state index contributed by atoms with van der Waals surface area (Å²) in [6.45, 7) is 3.90. The molecule has 0 aliphatic carbocycles. The molecule has 0 aliphatic heterocycles. The zero-order valence-corrected chi connectivity index (χ0v) is 13.5. The van der Waals surface area contributed by atoms with Crippen molar-refractivity contribution < 1.29 is 4.79 Å². The van der Waals surface area contributed by atoms with Crippen LogP contribution >= 0.6 is 23.4 Å². The summed E-state index contributed by atoms with van der Waals surface area (Å²) in [5.41, 5.74) is 7.95. The maximum atomic E-state index is 12.2. The van der Waals surface area contributed by atoms with Crippen LogP contribution in [0.1, 0.15) is 12.5 Å². The van der Waals surface area contributed by atoms with Crippen LogP contribution in [0.25, 0.3) is 0 Å². The standard InChI is InChI=1S/C16H17ClN2OS/c1-10-4-3-5-13(8-10)21-11(2)16(20)19-15-7-6-12(18)9-14(15)17/h3-9,11H,18H2,1-2H3,(H,19,20). The molecular formula is C16H17ClN2OS. The molecule has 1 amide bonds. The van der Waals surface area contributed by atoms with Gasteiger partial charge in [0.15, 0.2) is 0 Å². The van der Waals surface area contributed by atoms with E-state index in [0.29, 0.717) is 16.4 Å². The zero-order valence-electron chi connectivity index (χ0n) is 11.9. The van der Waals surface area contributed by atoms with E-state index in [9.17, 15) is 4.79 Å². The molecule has 5 heteroatoms. The van der Waals surface area contributed by atoms with Crippen LogP contribution in [0.2, 0.25) is 5.02 Å². The highest BCUT2D eigenvalue weighted by molar-refractivity contribution is 8.00. The molecule has 0 aliphatic rings. The third kappa shape index (κ3) is 4.41. The molecule has 2 aromatic carbocycles. The molecule has 110 valence electrons. The Morgan fingerprint density at radius 3 is 2.71 bits per heavy atom. The number of nitrogens with one attached hydrogen (secondary N) is 1. The lowest BCUT2D eigenvalue weighted by molar-refractivity contribution is -0.115. The summed E-state index contributed by atoms with van der Waals surface area (Å²) < 4.78 is 0. The highest BCUT2D eigenvalue weighted by Gasteiger charge is 2.15. The van der Waals surface area contributed by atoms with Crippen LogP contribution in [0, 0.1) is 6.92 Å². The van der Waals surface area contributed by atoms with Crippen molar-refractivity contribution in [2.45, 2.75) is 24.0 Å². The van der Waals surface area contributed by atoms with Crippen LogP contribution < -0.4 is 11.1 Å². The first-order valence-electron chi connectivity index (χ1n) is 6.55. The average molecular weight is 321 g/mol. The fourth-order valence-electron chi connectivity index (χ4n) is 1.81. The molecule has 1 unspecified atom stereocenters. The molecule has 3 nitrogen and oxygen atoms in total. The van der Waals surface area contributed by atoms with Crippen LogP contribution in [0.5, 0.6) is 0 Å². The van der Waals surface area contributed by atoms with Gasteiger partial charge in [-0.15, -0.1) is 11.8 Å². The average Bonchev–Trinajstić information content (AvgIpc) is 2.41. The van der Waals surface area contributed by atoms with Gasteiger partial charge in [-0.2, -0.15) is 0 Å². The minimum absolute atomic E-state index is 0.0897. The number of benzene rings is 2. The Balaban J connectivity index is 2.02. The Hall–Kier alpha value is -1.65. The second kappa shape index (κ2) is 6.87. The van der Waals surface area contributed by atoms with Crippen LogP contribution in [0.15, 0.2) is 47.4 Å². The molecular weight excluding hydrogens is 304 g/mol. The maximum absolute atomic E-state index is 12.2. The van der Waals surface area contributed by atoms with Gasteiger partial charge in [-0.25, -0.2) is 0 Å². The van der Waals surface area contributed by atoms with Crippen molar-refractivity contribution in [1.29, 1.82) is 0 Å². The van der Waals surface area contributed by atoms with Crippen molar-refractivity contribution in [3.8, 4) is 0 Å². The first-order chi connectivity index (χ1) is 9.95. The first kappa shape index (κ1) is 15.7. The molecule has 3 N–H and O–H groups in total. The molecule has 0 saturated heterocycles. The van der Waals surface area contributed by atoms with E-state index in [4.69, 9.17) is 17.3 Å². The molecule has 0 saturated carbocycles. The molecule has 1 atom stereocenters. The van der Waals surface area contributed by atoms with Gasteiger partial charge in [0, 0.05) is 10.6 Å². The Morgan fingerprint density at radius 2 is 2.05 bits per heavy atom. The van der Waals surface area contributed by atoms with E-state index < -0.39 is 0 Å². The summed E-state index contributed by atoms with van der Waals surface area (Å²) in [7, 11) is 0. The van der Waals surface area contributed by atoms with E-state index >= 15 is 0 Å². The van der Waals surface area contributed by atoms with Gasteiger partial charge in [0.1, 0.15) is 0 Å². The van der Waals surface area contributed by atoms with Gasteiger partial charge < -0.3 is 11.1 Å². The number of carbonyl (C=O) groups is 1. The van der Waals surface area contributed by atoms with Crippen molar-refractivity contribution in [3.05, 3.63) is 53.1 Å². The van der Waals surface area contributed by atoms with Gasteiger partial charge in [0.05, 0.1) is 16.0 Å². The van der Waals surface area contributed by atoms with E-state index in [0.717, 1.165) is 4.90 Å². The lowest BCUT2D eigenvalue weighted by Crippen LogP contribution is -2.22. The van der Waals surface area contributed by atoms with Gasteiger partial charge in [0.25, 0.3) is 0 Å². The Bertz CT molecular complexity index is 660. The fraction of sp³-hybridized carbons (Fsp3) is 0.188. The van der Waals surface area contributed by atoms with Crippen molar-refractivity contribution >= 4 is 40.6 Å². The summed E-state index contributed by atoms with van der Waals surface area (Å²) in [5.74, 6) is -0.0897. The van der Waals surface area contributed by atoms with Gasteiger partial charge in [-0.3, -0.25) is 4.79 Å². The lowest BCUT2D eigenvalue weighted by Gasteiger charge is -2.13. The molecule has 0 spiro atoms. The minimum Gasteiger partial charge on any atom is -0.399 e. The van der Waals surface area contributed by atoms with Crippen molar-refractivity contribution in [2.24, 2.45) is 0 Å². The normalized spacial score (nSPS) is 12.0. The number of anilines is 2.